The van der Waals surface area contributed by atoms with Gasteiger partial charge in [0.25, 0.3) is 0 Å². The quantitative estimate of drug-likeness (QED) is 0.836. The molecule has 0 aromatic carbocycles. The van der Waals surface area contributed by atoms with Crippen LogP contribution in [0.25, 0.3) is 0 Å². The molecule has 0 bridgehead atoms. The van der Waals surface area contributed by atoms with Crippen LogP contribution in [-0.4, -0.2) is 35.6 Å². The summed E-state index contributed by atoms with van der Waals surface area (Å²) in [5.41, 5.74) is -0.259. The molecule has 1 aliphatic carbocycles. The van der Waals surface area contributed by atoms with Gasteiger partial charge in [0.1, 0.15) is 5.54 Å². The third-order valence-corrected chi connectivity index (χ3v) is 4.42. The Bertz CT molecular complexity index is 299. The molecule has 0 spiro atoms. The monoisotopic (exact) mass is 249 g/mol. The Morgan fingerprint density at radius 2 is 1.89 bits per heavy atom. The Kier molecular flexibility index (Phi) is 4.64. The highest BCUT2D eigenvalue weighted by atomic mass is 15.2. The average molecular weight is 249 g/mol. The molecule has 2 fully saturated rings. The largest absolute Gasteiger partial charge is 0.300 e. The smallest absolute Gasteiger partial charge is 0.108 e. The minimum atomic E-state index is -0.259. The van der Waals surface area contributed by atoms with Crippen LogP contribution >= 0.6 is 0 Å². The van der Waals surface area contributed by atoms with Crippen molar-refractivity contribution in [3.63, 3.8) is 0 Å². The predicted octanol–water partition coefficient (Wildman–Crippen LogP) is 2.68. The van der Waals surface area contributed by atoms with Gasteiger partial charge in [-0.1, -0.05) is 12.8 Å². The molecular formula is C15H27N3. The fourth-order valence-electron chi connectivity index (χ4n) is 3.61. The molecule has 2 rings (SSSR count). The lowest BCUT2D eigenvalue weighted by atomic mass is 9.98. The van der Waals surface area contributed by atoms with Crippen molar-refractivity contribution in [1.29, 1.82) is 5.26 Å². The molecule has 0 amide bonds. The van der Waals surface area contributed by atoms with E-state index in [0.29, 0.717) is 12.1 Å². The summed E-state index contributed by atoms with van der Waals surface area (Å²) in [6, 6.07) is 3.58. The van der Waals surface area contributed by atoms with Crippen molar-refractivity contribution in [2.24, 2.45) is 0 Å². The average Bonchev–Trinajstić information content (AvgIpc) is 2.59. The molecule has 0 radical (unpaired) electrons. The summed E-state index contributed by atoms with van der Waals surface area (Å²) in [6.07, 6.45) is 8.67. The number of likely N-dealkylation sites (tertiary alicyclic amines) is 1. The first-order chi connectivity index (χ1) is 8.65. The second-order valence-electron chi connectivity index (χ2n) is 6.34. The maximum absolute atomic E-state index is 9.51. The summed E-state index contributed by atoms with van der Waals surface area (Å²) in [4.78, 5) is 2.65. The van der Waals surface area contributed by atoms with Crippen molar-refractivity contribution >= 4 is 0 Å². The summed E-state index contributed by atoms with van der Waals surface area (Å²) in [5.74, 6) is 0. The second-order valence-corrected chi connectivity index (χ2v) is 6.34. The van der Waals surface area contributed by atoms with Gasteiger partial charge < -0.3 is 4.90 Å². The highest BCUT2D eigenvalue weighted by molar-refractivity contribution is 5.14. The maximum atomic E-state index is 9.51. The lowest BCUT2D eigenvalue weighted by Gasteiger charge is -2.30. The SMILES string of the molecule is CC(C)NC1(C#N)CCC(N2CCCCCC2)C1. The van der Waals surface area contributed by atoms with E-state index in [4.69, 9.17) is 0 Å². The molecule has 102 valence electrons. The molecule has 1 heterocycles. The van der Waals surface area contributed by atoms with Gasteiger partial charge in [-0.2, -0.15) is 5.26 Å². The summed E-state index contributed by atoms with van der Waals surface area (Å²) in [7, 11) is 0. The van der Waals surface area contributed by atoms with Crippen LogP contribution < -0.4 is 5.32 Å². The molecule has 2 aliphatic rings. The number of hydrogen-bond donors (Lipinski definition) is 1. The zero-order valence-corrected chi connectivity index (χ0v) is 11.9. The van der Waals surface area contributed by atoms with Gasteiger partial charge in [0.15, 0.2) is 0 Å². The van der Waals surface area contributed by atoms with Crippen LogP contribution in [0.15, 0.2) is 0 Å². The Morgan fingerprint density at radius 1 is 1.22 bits per heavy atom. The molecular weight excluding hydrogens is 222 g/mol. The Labute approximate surface area is 112 Å². The van der Waals surface area contributed by atoms with Crippen molar-refractivity contribution in [3.05, 3.63) is 0 Å². The van der Waals surface area contributed by atoms with Gasteiger partial charge >= 0.3 is 0 Å². The van der Waals surface area contributed by atoms with Crippen molar-refractivity contribution < 1.29 is 0 Å². The summed E-state index contributed by atoms with van der Waals surface area (Å²) in [6.45, 7) is 6.76. The molecule has 1 saturated carbocycles. The minimum absolute atomic E-state index is 0.259. The molecule has 1 N–H and O–H groups in total. The van der Waals surface area contributed by atoms with Gasteiger partial charge in [-0.15, -0.1) is 0 Å². The second kappa shape index (κ2) is 6.04. The molecule has 1 saturated heterocycles. The van der Waals surface area contributed by atoms with Crippen LogP contribution in [0.3, 0.4) is 0 Å². The van der Waals surface area contributed by atoms with Crippen LogP contribution in [0, 0.1) is 11.3 Å². The molecule has 0 aromatic heterocycles. The highest BCUT2D eigenvalue weighted by Crippen LogP contribution is 2.34. The number of nitrogens with zero attached hydrogens (tertiary/aromatic N) is 2. The Hall–Kier alpha value is -0.590. The van der Waals surface area contributed by atoms with E-state index in [0.717, 1.165) is 12.8 Å². The van der Waals surface area contributed by atoms with Gasteiger partial charge in [0.2, 0.25) is 0 Å². The van der Waals surface area contributed by atoms with E-state index in [1.54, 1.807) is 0 Å². The number of nitriles is 1. The van der Waals surface area contributed by atoms with E-state index in [1.165, 1.54) is 45.2 Å². The molecule has 3 heteroatoms. The summed E-state index contributed by atoms with van der Waals surface area (Å²) >= 11 is 0. The molecule has 0 aromatic rings. The summed E-state index contributed by atoms with van der Waals surface area (Å²) < 4.78 is 0. The van der Waals surface area contributed by atoms with Gasteiger partial charge in [0, 0.05) is 12.1 Å². The molecule has 2 unspecified atom stereocenters. The van der Waals surface area contributed by atoms with E-state index in [-0.39, 0.29) is 5.54 Å². The lowest BCUT2D eigenvalue weighted by Crippen LogP contribution is -2.47. The fourth-order valence-corrected chi connectivity index (χ4v) is 3.61. The van der Waals surface area contributed by atoms with E-state index < -0.39 is 0 Å². The maximum Gasteiger partial charge on any atom is 0.108 e. The minimum Gasteiger partial charge on any atom is -0.300 e. The van der Waals surface area contributed by atoms with E-state index in [9.17, 15) is 5.26 Å². The lowest BCUT2D eigenvalue weighted by molar-refractivity contribution is 0.198. The van der Waals surface area contributed by atoms with Gasteiger partial charge in [-0.05, 0) is 59.0 Å². The first-order valence-electron chi connectivity index (χ1n) is 7.58. The molecule has 1 aliphatic heterocycles. The van der Waals surface area contributed by atoms with Crippen LogP contribution in [0.4, 0.5) is 0 Å². The third kappa shape index (κ3) is 3.24. The Morgan fingerprint density at radius 3 is 2.44 bits per heavy atom. The normalized spacial score (nSPS) is 34.4. The Balaban J connectivity index is 1.95. The third-order valence-electron chi connectivity index (χ3n) is 4.42. The van der Waals surface area contributed by atoms with E-state index in [2.05, 4.69) is 30.1 Å². The van der Waals surface area contributed by atoms with Crippen molar-refractivity contribution in [2.45, 2.75) is 76.4 Å². The first-order valence-corrected chi connectivity index (χ1v) is 7.58. The molecule has 3 nitrogen and oxygen atoms in total. The van der Waals surface area contributed by atoms with E-state index >= 15 is 0 Å². The van der Waals surface area contributed by atoms with E-state index in [1.807, 2.05) is 0 Å². The molecule has 18 heavy (non-hydrogen) atoms. The van der Waals surface area contributed by atoms with Crippen LogP contribution in [-0.2, 0) is 0 Å². The topological polar surface area (TPSA) is 39.1 Å². The van der Waals surface area contributed by atoms with Gasteiger partial charge in [-0.25, -0.2) is 0 Å². The number of hydrogen-bond acceptors (Lipinski definition) is 3. The van der Waals surface area contributed by atoms with Gasteiger partial charge in [-0.3, -0.25) is 5.32 Å². The van der Waals surface area contributed by atoms with Crippen LogP contribution in [0.5, 0.6) is 0 Å². The van der Waals surface area contributed by atoms with Crippen LogP contribution in [0.2, 0.25) is 0 Å². The zero-order valence-electron chi connectivity index (χ0n) is 11.9. The molecule has 2 atom stereocenters. The fraction of sp³-hybridized carbons (Fsp3) is 0.933. The van der Waals surface area contributed by atoms with Gasteiger partial charge in [0.05, 0.1) is 6.07 Å². The van der Waals surface area contributed by atoms with Crippen molar-refractivity contribution in [3.8, 4) is 6.07 Å². The number of nitrogens with one attached hydrogen (secondary N) is 1. The first kappa shape index (κ1) is 13.8. The van der Waals surface area contributed by atoms with Crippen molar-refractivity contribution in [2.75, 3.05) is 13.1 Å². The number of rotatable bonds is 3. The summed E-state index contributed by atoms with van der Waals surface area (Å²) in [5, 5.41) is 13.0. The predicted molar refractivity (Wildman–Crippen MR) is 74.3 cm³/mol. The zero-order chi connectivity index (χ0) is 13.0. The van der Waals surface area contributed by atoms with Crippen molar-refractivity contribution in [1.82, 2.24) is 10.2 Å². The highest BCUT2D eigenvalue weighted by Gasteiger charge is 2.41. The van der Waals surface area contributed by atoms with Crippen LogP contribution in [0.1, 0.15) is 58.8 Å². The standard InChI is InChI=1S/C15H27N3/c1-13(2)17-15(12-16)8-7-14(11-15)18-9-5-3-4-6-10-18/h13-14,17H,3-11H2,1-2H3.